The fourth-order valence-corrected chi connectivity index (χ4v) is 13.1. The molecule has 0 rings (SSSR count). The molecule has 0 aromatic rings. The summed E-state index contributed by atoms with van der Waals surface area (Å²) >= 11 is 0. The maximum absolute atomic E-state index is 13.1. The molecule has 0 radical (unpaired) electrons. The molecule has 0 aromatic carbocycles. The molecule has 0 aromatic heterocycles. The zero-order chi connectivity index (χ0) is 70.1. The number of phosphoric acid groups is 2. The summed E-state index contributed by atoms with van der Waals surface area (Å²) in [6.07, 6.45) is 53.1. The predicted octanol–water partition coefficient (Wildman–Crippen LogP) is 22.2. The summed E-state index contributed by atoms with van der Waals surface area (Å²) in [6.45, 7) is 11.9. The molecule has 3 unspecified atom stereocenters. The number of ether oxygens (including phenoxy) is 4. The van der Waals surface area contributed by atoms with Crippen molar-refractivity contribution in [2.24, 2.45) is 17.8 Å². The molecule has 0 bridgehead atoms. The van der Waals surface area contributed by atoms with Crippen LogP contribution in [0.3, 0.4) is 0 Å². The molecule has 0 aliphatic carbocycles. The number of carbonyl (C=O) groups excluding carboxylic acids is 4. The van der Waals surface area contributed by atoms with Crippen LogP contribution < -0.4 is 0 Å². The van der Waals surface area contributed by atoms with Crippen LogP contribution in [0.5, 0.6) is 0 Å². The molecule has 3 N–H and O–H groups in total. The van der Waals surface area contributed by atoms with Gasteiger partial charge >= 0.3 is 39.5 Å². The summed E-state index contributed by atoms with van der Waals surface area (Å²) < 4.78 is 68.4. The smallest absolute Gasteiger partial charge is 0.462 e. The number of unbranched alkanes of at least 4 members (excludes halogenated alkanes) is 41. The number of hydrogen-bond donors (Lipinski definition) is 3. The third-order valence-corrected chi connectivity index (χ3v) is 19.9. The Bertz CT molecular complexity index is 1850. The van der Waals surface area contributed by atoms with Gasteiger partial charge in [0.1, 0.15) is 19.3 Å². The SMILES string of the molecule is CCCCCCCCCC(=O)OC[C@H](COP(=O)(O)OC[C@H](O)COP(=O)(O)OC[C@@H](COC(=O)CCCCCCCCCCCCCCCCC(C)C)OC(=O)CCCCCCCCCCCCCCCCCCCCC(C)C)OC(=O)CCCCCCCCC(C)CC. The Hall–Kier alpha value is -1.94. The Labute approximate surface area is 581 Å². The first kappa shape index (κ1) is 93.1. The molecule has 6 atom stereocenters. The lowest BCUT2D eigenvalue weighted by atomic mass is 10.00. The Morgan fingerprint density at radius 1 is 0.305 bits per heavy atom. The van der Waals surface area contributed by atoms with Crippen molar-refractivity contribution >= 4 is 39.5 Å². The number of rotatable bonds is 74. The quantitative estimate of drug-likeness (QED) is 0.0222. The van der Waals surface area contributed by atoms with Gasteiger partial charge in [-0.2, -0.15) is 0 Å². The number of esters is 4. The lowest BCUT2D eigenvalue weighted by molar-refractivity contribution is -0.161. The Morgan fingerprint density at radius 3 is 0.800 bits per heavy atom. The molecule has 0 amide bonds. The van der Waals surface area contributed by atoms with Gasteiger partial charge in [-0.25, -0.2) is 9.13 Å². The highest BCUT2D eigenvalue weighted by Crippen LogP contribution is 2.45. The van der Waals surface area contributed by atoms with Crippen molar-refractivity contribution in [3.05, 3.63) is 0 Å². The third kappa shape index (κ3) is 69.0. The number of hydrogen-bond acceptors (Lipinski definition) is 15. The van der Waals surface area contributed by atoms with Crippen molar-refractivity contribution in [3.63, 3.8) is 0 Å². The Kier molecular flexibility index (Phi) is 65.2. The second kappa shape index (κ2) is 66.6. The molecule has 0 saturated heterocycles. The predicted molar refractivity (Wildman–Crippen MR) is 386 cm³/mol. The molecular weight excluding hydrogens is 1250 g/mol. The van der Waals surface area contributed by atoms with Gasteiger partial charge in [0.25, 0.3) is 0 Å². The molecule has 0 heterocycles. The van der Waals surface area contributed by atoms with Crippen molar-refractivity contribution in [2.45, 2.75) is 407 Å². The van der Waals surface area contributed by atoms with Crippen molar-refractivity contribution in [2.75, 3.05) is 39.6 Å². The van der Waals surface area contributed by atoms with Gasteiger partial charge in [0, 0.05) is 25.7 Å². The first-order chi connectivity index (χ1) is 45.8. The van der Waals surface area contributed by atoms with Crippen LogP contribution in [0, 0.1) is 17.8 Å². The molecule has 95 heavy (non-hydrogen) atoms. The number of aliphatic hydroxyl groups excluding tert-OH is 1. The van der Waals surface area contributed by atoms with Crippen LogP contribution in [0.2, 0.25) is 0 Å². The second-order valence-corrected chi connectivity index (χ2v) is 31.5. The highest BCUT2D eigenvalue weighted by Gasteiger charge is 2.30. The second-order valence-electron chi connectivity index (χ2n) is 28.6. The number of carbonyl (C=O) groups is 4. The van der Waals surface area contributed by atoms with Crippen LogP contribution in [0.4, 0.5) is 0 Å². The standard InChI is InChI=1S/C76H148O17P2/c1-8-10-11-12-33-43-50-57-73(78)86-63-72(93-76(81)60-53-46-39-38-42-49-56-69(7)9-2)66-91-95(84,85)89-62-70(77)61-88-94(82,83)90-65-71(64-87-74(79)58-51-44-36-31-27-23-20-19-22-26-30-35-41-48-55-68(5)6)92-75(80)59-52-45-37-32-28-24-18-16-14-13-15-17-21-25-29-34-40-47-54-67(3)4/h67-72,77H,8-66H2,1-7H3,(H,82,83)(H,84,85)/t69?,70-,71-,72-/m1/s1. The van der Waals surface area contributed by atoms with Crippen LogP contribution in [-0.4, -0.2) is 96.7 Å². The van der Waals surface area contributed by atoms with Gasteiger partial charge in [0.2, 0.25) is 0 Å². The van der Waals surface area contributed by atoms with E-state index in [9.17, 15) is 43.2 Å². The van der Waals surface area contributed by atoms with Crippen LogP contribution >= 0.6 is 15.6 Å². The fraction of sp³-hybridized carbons (Fsp3) is 0.947. The molecule has 0 aliphatic heterocycles. The molecule has 0 spiro atoms. The van der Waals surface area contributed by atoms with Gasteiger partial charge in [-0.1, -0.05) is 337 Å². The van der Waals surface area contributed by atoms with Crippen LogP contribution in [0.15, 0.2) is 0 Å². The summed E-state index contributed by atoms with van der Waals surface area (Å²) in [5, 5.41) is 10.6. The van der Waals surface area contributed by atoms with E-state index in [1.165, 1.54) is 186 Å². The molecule has 0 saturated carbocycles. The van der Waals surface area contributed by atoms with Gasteiger partial charge in [-0.15, -0.1) is 0 Å². The van der Waals surface area contributed by atoms with E-state index in [-0.39, 0.29) is 25.7 Å². The van der Waals surface area contributed by atoms with Gasteiger partial charge < -0.3 is 33.8 Å². The zero-order valence-electron chi connectivity index (χ0n) is 62.1. The lowest BCUT2D eigenvalue weighted by Crippen LogP contribution is -2.30. The number of phosphoric ester groups is 2. The van der Waals surface area contributed by atoms with Crippen LogP contribution in [-0.2, 0) is 65.4 Å². The van der Waals surface area contributed by atoms with E-state index < -0.39 is 97.5 Å². The summed E-state index contributed by atoms with van der Waals surface area (Å²) in [6, 6.07) is 0. The first-order valence-electron chi connectivity index (χ1n) is 39.4. The summed E-state index contributed by atoms with van der Waals surface area (Å²) in [5.74, 6) is 0.214. The van der Waals surface area contributed by atoms with Gasteiger partial charge in [-0.3, -0.25) is 37.3 Å². The summed E-state index contributed by atoms with van der Waals surface area (Å²) in [4.78, 5) is 72.6. The van der Waals surface area contributed by atoms with E-state index in [1.807, 2.05) is 0 Å². The van der Waals surface area contributed by atoms with E-state index in [0.717, 1.165) is 120 Å². The lowest BCUT2D eigenvalue weighted by Gasteiger charge is -2.21. The maximum atomic E-state index is 13.1. The average molecular weight is 1400 g/mol. The summed E-state index contributed by atoms with van der Waals surface area (Å²) in [5.41, 5.74) is 0. The third-order valence-electron chi connectivity index (χ3n) is 18.0. The van der Waals surface area contributed by atoms with Crippen molar-refractivity contribution in [1.29, 1.82) is 0 Å². The molecule has 17 nitrogen and oxygen atoms in total. The maximum Gasteiger partial charge on any atom is 0.472 e. The first-order valence-corrected chi connectivity index (χ1v) is 42.4. The van der Waals surface area contributed by atoms with E-state index >= 15 is 0 Å². The Morgan fingerprint density at radius 2 is 0.537 bits per heavy atom. The largest absolute Gasteiger partial charge is 0.472 e. The van der Waals surface area contributed by atoms with Gasteiger partial charge in [0.15, 0.2) is 12.2 Å². The molecule has 19 heteroatoms. The average Bonchev–Trinajstić information content (AvgIpc) is 3.60. The summed E-state index contributed by atoms with van der Waals surface area (Å²) in [7, 11) is -9.90. The zero-order valence-corrected chi connectivity index (χ0v) is 63.9. The highest BCUT2D eigenvalue weighted by atomic mass is 31.2. The molecular formula is C76H148O17P2. The van der Waals surface area contributed by atoms with Gasteiger partial charge in [0.05, 0.1) is 26.4 Å². The monoisotopic (exact) mass is 1400 g/mol. The van der Waals surface area contributed by atoms with E-state index in [2.05, 4.69) is 48.5 Å². The minimum Gasteiger partial charge on any atom is -0.462 e. The van der Waals surface area contributed by atoms with E-state index in [1.54, 1.807) is 0 Å². The molecule has 564 valence electrons. The van der Waals surface area contributed by atoms with E-state index in [4.69, 9.17) is 37.0 Å². The minimum absolute atomic E-state index is 0.103. The Balaban J connectivity index is 5.16. The van der Waals surface area contributed by atoms with Crippen molar-refractivity contribution in [3.8, 4) is 0 Å². The number of aliphatic hydroxyl groups is 1. The molecule has 0 aliphatic rings. The highest BCUT2D eigenvalue weighted by molar-refractivity contribution is 7.47. The normalized spacial score (nSPS) is 14.4. The minimum atomic E-state index is -4.96. The van der Waals surface area contributed by atoms with Crippen LogP contribution in [0.25, 0.3) is 0 Å². The topological polar surface area (TPSA) is 237 Å². The van der Waals surface area contributed by atoms with E-state index in [0.29, 0.717) is 25.7 Å². The van der Waals surface area contributed by atoms with Crippen molar-refractivity contribution < 1.29 is 80.2 Å². The van der Waals surface area contributed by atoms with Crippen molar-refractivity contribution in [1.82, 2.24) is 0 Å². The molecule has 0 fully saturated rings. The van der Waals surface area contributed by atoms with Gasteiger partial charge in [-0.05, 0) is 43.4 Å². The van der Waals surface area contributed by atoms with Crippen LogP contribution in [0.1, 0.15) is 389 Å². The fourth-order valence-electron chi connectivity index (χ4n) is 11.6.